The molecule has 0 fully saturated rings. The molecule has 0 atom stereocenters. The molecule has 0 aliphatic heterocycles. The topological polar surface area (TPSA) is 80.8 Å². The Bertz CT molecular complexity index is 749. The van der Waals surface area contributed by atoms with Crippen molar-refractivity contribution in [2.24, 2.45) is 0 Å². The standard InChI is InChI=1S/C20H27N3O4/c1-23(2)15-19(24)26-11-7-3-4-8-12-27-20(25)22-18-13-16-9-5-6-10-17(16)14-21-18/h5-6,9-10,13-14H,3-4,7-8,11-12,15H2,1-2H3,(H,21,22,25). The summed E-state index contributed by atoms with van der Waals surface area (Å²) in [5.41, 5.74) is 0. The third kappa shape index (κ3) is 8.04. The quantitative estimate of drug-likeness (QED) is 0.507. The Labute approximate surface area is 159 Å². The molecule has 1 heterocycles. The largest absolute Gasteiger partial charge is 0.465 e. The number of hydrogen-bond donors (Lipinski definition) is 1. The number of anilines is 1. The van der Waals surface area contributed by atoms with Crippen molar-refractivity contribution in [1.82, 2.24) is 9.88 Å². The van der Waals surface area contributed by atoms with Gasteiger partial charge in [-0.3, -0.25) is 15.0 Å². The summed E-state index contributed by atoms with van der Waals surface area (Å²) >= 11 is 0. The highest BCUT2D eigenvalue weighted by atomic mass is 16.5. The van der Waals surface area contributed by atoms with Crippen LogP contribution in [0.3, 0.4) is 0 Å². The normalized spacial score (nSPS) is 10.8. The van der Waals surface area contributed by atoms with Crippen molar-refractivity contribution >= 4 is 28.7 Å². The fraction of sp³-hybridized carbons (Fsp3) is 0.450. The van der Waals surface area contributed by atoms with Crippen LogP contribution in [-0.2, 0) is 14.3 Å². The van der Waals surface area contributed by atoms with Crippen molar-refractivity contribution in [1.29, 1.82) is 0 Å². The maximum Gasteiger partial charge on any atom is 0.412 e. The highest BCUT2D eigenvalue weighted by molar-refractivity contribution is 5.89. The number of benzene rings is 1. The summed E-state index contributed by atoms with van der Waals surface area (Å²) in [6.45, 7) is 1.08. The van der Waals surface area contributed by atoms with Crippen LogP contribution < -0.4 is 5.32 Å². The van der Waals surface area contributed by atoms with Crippen molar-refractivity contribution in [3.63, 3.8) is 0 Å². The Morgan fingerprint density at radius 3 is 2.37 bits per heavy atom. The van der Waals surface area contributed by atoms with E-state index in [1.165, 1.54) is 0 Å². The zero-order valence-electron chi connectivity index (χ0n) is 15.9. The van der Waals surface area contributed by atoms with E-state index in [0.29, 0.717) is 25.6 Å². The molecule has 0 saturated heterocycles. The van der Waals surface area contributed by atoms with Crippen LogP contribution in [0.25, 0.3) is 10.8 Å². The number of amides is 1. The minimum absolute atomic E-state index is 0.206. The molecule has 0 spiro atoms. The number of esters is 1. The molecule has 0 aliphatic carbocycles. The molecule has 27 heavy (non-hydrogen) atoms. The van der Waals surface area contributed by atoms with Gasteiger partial charge in [0, 0.05) is 11.6 Å². The summed E-state index contributed by atoms with van der Waals surface area (Å²) in [5.74, 6) is 0.264. The Hall–Kier alpha value is -2.67. The first kappa shape index (κ1) is 20.6. The van der Waals surface area contributed by atoms with E-state index in [0.717, 1.165) is 36.5 Å². The SMILES string of the molecule is CN(C)CC(=O)OCCCCCCOC(=O)Nc1cc2ccccc2cn1. The van der Waals surface area contributed by atoms with Gasteiger partial charge in [-0.1, -0.05) is 24.3 Å². The monoisotopic (exact) mass is 373 g/mol. The van der Waals surface area contributed by atoms with E-state index in [9.17, 15) is 9.59 Å². The molecule has 7 heteroatoms. The van der Waals surface area contributed by atoms with Crippen LogP contribution in [-0.4, -0.2) is 55.8 Å². The fourth-order valence-electron chi connectivity index (χ4n) is 2.50. The van der Waals surface area contributed by atoms with Gasteiger partial charge >= 0.3 is 12.1 Å². The maximum atomic E-state index is 11.8. The number of hydrogen-bond acceptors (Lipinski definition) is 6. The average Bonchev–Trinajstić information content (AvgIpc) is 2.63. The summed E-state index contributed by atoms with van der Waals surface area (Å²) in [6.07, 6.45) is 4.63. The number of fused-ring (bicyclic) bond motifs is 1. The second-order valence-electron chi connectivity index (χ2n) is 6.55. The number of carbonyl (C=O) groups excluding carboxylic acids is 2. The van der Waals surface area contributed by atoms with Crippen LogP contribution in [0.1, 0.15) is 25.7 Å². The van der Waals surface area contributed by atoms with Gasteiger partial charge in [0.25, 0.3) is 0 Å². The zero-order chi connectivity index (χ0) is 19.5. The summed E-state index contributed by atoms with van der Waals surface area (Å²) in [4.78, 5) is 29.1. The van der Waals surface area contributed by atoms with E-state index in [4.69, 9.17) is 9.47 Å². The lowest BCUT2D eigenvalue weighted by molar-refractivity contribution is -0.144. The number of nitrogens with zero attached hydrogens (tertiary/aromatic N) is 2. The van der Waals surface area contributed by atoms with Gasteiger partial charge in [-0.2, -0.15) is 0 Å². The molecular formula is C20H27N3O4. The average molecular weight is 373 g/mol. The molecule has 1 aromatic carbocycles. The molecule has 1 amide bonds. The lowest BCUT2D eigenvalue weighted by Crippen LogP contribution is -2.23. The third-order valence-corrected chi connectivity index (χ3v) is 3.84. The summed E-state index contributed by atoms with van der Waals surface area (Å²) in [6, 6.07) is 9.62. The van der Waals surface area contributed by atoms with Gasteiger partial charge in [0.15, 0.2) is 0 Å². The molecule has 0 aliphatic rings. The maximum absolute atomic E-state index is 11.8. The molecule has 2 rings (SSSR count). The number of pyridine rings is 1. The van der Waals surface area contributed by atoms with Gasteiger partial charge in [-0.05, 0) is 51.2 Å². The number of nitrogens with one attached hydrogen (secondary N) is 1. The van der Waals surface area contributed by atoms with Gasteiger partial charge in [0.05, 0.1) is 19.8 Å². The lowest BCUT2D eigenvalue weighted by atomic mass is 10.2. The summed E-state index contributed by atoms with van der Waals surface area (Å²) in [5, 5.41) is 4.67. The molecule has 2 aromatic rings. The van der Waals surface area contributed by atoms with Crippen LogP contribution in [0, 0.1) is 0 Å². The number of likely N-dealkylation sites (N-methyl/N-ethyl adjacent to an activating group) is 1. The molecule has 1 N–H and O–H groups in total. The molecule has 0 saturated carbocycles. The Morgan fingerprint density at radius 1 is 1.00 bits per heavy atom. The van der Waals surface area contributed by atoms with E-state index < -0.39 is 6.09 Å². The van der Waals surface area contributed by atoms with Crippen molar-refractivity contribution in [2.45, 2.75) is 25.7 Å². The van der Waals surface area contributed by atoms with E-state index in [1.54, 1.807) is 11.1 Å². The van der Waals surface area contributed by atoms with Gasteiger partial charge in [-0.25, -0.2) is 9.78 Å². The summed E-state index contributed by atoms with van der Waals surface area (Å²) < 4.78 is 10.3. The van der Waals surface area contributed by atoms with Crippen LogP contribution in [0.4, 0.5) is 10.6 Å². The highest BCUT2D eigenvalue weighted by Gasteiger charge is 2.06. The van der Waals surface area contributed by atoms with Gasteiger partial charge < -0.3 is 9.47 Å². The Kier molecular flexibility index (Phi) is 8.51. The van der Waals surface area contributed by atoms with E-state index >= 15 is 0 Å². The molecule has 146 valence electrons. The second-order valence-corrected chi connectivity index (χ2v) is 6.55. The van der Waals surface area contributed by atoms with Gasteiger partial charge in [0.1, 0.15) is 5.82 Å². The highest BCUT2D eigenvalue weighted by Crippen LogP contribution is 2.16. The third-order valence-electron chi connectivity index (χ3n) is 3.84. The fourth-order valence-corrected chi connectivity index (χ4v) is 2.50. The molecule has 0 unspecified atom stereocenters. The predicted octanol–water partition coefficient (Wildman–Crippen LogP) is 3.45. The first-order valence-corrected chi connectivity index (χ1v) is 9.13. The lowest BCUT2D eigenvalue weighted by Gasteiger charge is -2.09. The number of aromatic nitrogens is 1. The molecule has 7 nitrogen and oxygen atoms in total. The van der Waals surface area contributed by atoms with E-state index in [2.05, 4.69) is 10.3 Å². The van der Waals surface area contributed by atoms with Crippen molar-refractivity contribution < 1.29 is 19.1 Å². The first-order chi connectivity index (χ1) is 13.0. The number of ether oxygens (including phenoxy) is 2. The molecule has 0 bridgehead atoms. The van der Waals surface area contributed by atoms with E-state index in [-0.39, 0.29) is 5.97 Å². The Balaban J connectivity index is 1.54. The van der Waals surface area contributed by atoms with Gasteiger partial charge in [-0.15, -0.1) is 0 Å². The van der Waals surface area contributed by atoms with E-state index in [1.807, 2.05) is 44.4 Å². The summed E-state index contributed by atoms with van der Waals surface area (Å²) in [7, 11) is 3.65. The zero-order valence-corrected chi connectivity index (χ0v) is 15.9. The molecule has 0 radical (unpaired) electrons. The minimum atomic E-state index is -0.504. The van der Waals surface area contributed by atoms with Crippen LogP contribution in [0.15, 0.2) is 36.5 Å². The smallest absolute Gasteiger partial charge is 0.412 e. The Morgan fingerprint density at radius 2 is 1.67 bits per heavy atom. The number of unbranched alkanes of at least 4 members (excludes halogenated alkanes) is 3. The second kappa shape index (κ2) is 11.1. The predicted molar refractivity (Wildman–Crippen MR) is 105 cm³/mol. The van der Waals surface area contributed by atoms with Crippen molar-refractivity contribution in [3.05, 3.63) is 36.5 Å². The molecular weight excluding hydrogens is 346 g/mol. The molecule has 1 aromatic heterocycles. The van der Waals surface area contributed by atoms with Crippen LogP contribution >= 0.6 is 0 Å². The van der Waals surface area contributed by atoms with Crippen LogP contribution in [0.5, 0.6) is 0 Å². The minimum Gasteiger partial charge on any atom is -0.465 e. The van der Waals surface area contributed by atoms with Crippen molar-refractivity contribution in [2.75, 3.05) is 39.2 Å². The number of rotatable bonds is 10. The van der Waals surface area contributed by atoms with Crippen LogP contribution in [0.2, 0.25) is 0 Å². The number of carbonyl (C=O) groups is 2. The first-order valence-electron chi connectivity index (χ1n) is 9.13. The van der Waals surface area contributed by atoms with Gasteiger partial charge in [0.2, 0.25) is 0 Å². The van der Waals surface area contributed by atoms with Crippen molar-refractivity contribution in [3.8, 4) is 0 Å².